The van der Waals surface area contributed by atoms with E-state index in [0.717, 1.165) is 23.4 Å². The van der Waals surface area contributed by atoms with Gasteiger partial charge in [-0.15, -0.1) is 11.8 Å². The first-order valence-electron chi connectivity index (χ1n) is 9.32. The molecule has 27 heavy (non-hydrogen) atoms. The molecule has 0 aromatic heterocycles. The van der Waals surface area contributed by atoms with Crippen molar-refractivity contribution in [2.45, 2.75) is 18.2 Å². The zero-order valence-electron chi connectivity index (χ0n) is 15.4. The first kappa shape index (κ1) is 17.9. The second kappa shape index (κ2) is 8.01. The largest absolute Gasteiger partial charge is 0.325 e. The summed E-state index contributed by atoms with van der Waals surface area (Å²) < 4.78 is 0. The maximum absolute atomic E-state index is 13.7. The Morgan fingerprint density at radius 3 is 2.00 bits per heavy atom. The van der Waals surface area contributed by atoms with E-state index in [9.17, 15) is 4.79 Å². The highest BCUT2D eigenvalue weighted by Gasteiger charge is 2.35. The molecule has 3 heteroatoms. The van der Waals surface area contributed by atoms with Crippen LogP contribution in [0, 0.1) is 6.92 Å². The third-order valence-electron chi connectivity index (χ3n) is 5.05. The molecule has 2 nitrogen and oxygen atoms in total. The van der Waals surface area contributed by atoms with Crippen LogP contribution in [0.2, 0.25) is 0 Å². The molecule has 0 bridgehead atoms. The van der Waals surface area contributed by atoms with Crippen molar-refractivity contribution in [2.24, 2.45) is 0 Å². The van der Waals surface area contributed by atoms with E-state index in [4.69, 9.17) is 0 Å². The number of thioether (sulfide) groups is 1. The van der Waals surface area contributed by atoms with Gasteiger partial charge in [-0.25, -0.2) is 0 Å². The predicted molar refractivity (Wildman–Crippen MR) is 113 cm³/mol. The molecular formula is C24H23NOS. The monoisotopic (exact) mass is 373 g/mol. The van der Waals surface area contributed by atoms with Crippen LogP contribution < -0.4 is 0 Å². The summed E-state index contributed by atoms with van der Waals surface area (Å²) in [6.45, 7) is 2.88. The Morgan fingerprint density at radius 2 is 1.44 bits per heavy atom. The summed E-state index contributed by atoms with van der Waals surface area (Å²) in [5.74, 6) is 0.891. The number of hydrogen-bond acceptors (Lipinski definition) is 2. The fourth-order valence-corrected chi connectivity index (χ4v) is 4.90. The molecule has 4 rings (SSSR count). The smallest absolute Gasteiger partial charge is 0.235 e. The lowest BCUT2D eigenvalue weighted by Crippen LogP contribution is -2.35. The average molecular weight is 374 g/mol. The molecule has 1 amide bonds. The van der Waals surface area contributed by atoms with E-state index in [1.807, 2.05) is 48.2 Å². The number of benzene rings is 3. The van der Waals surface area contributed by atoms with E-state index < -0.39 is 0 Å². The van der Waals surface area contributed by atoms with Gasteiger partial charge in [0.2, 0.25) is 5.91 Å². The molecule has 136 valence electrons. The van der Waals surface area contributed by atoms with Crippen molar-refractivity contribution >= 4 is 17.7 Å². The lowest BCUT2D eigenvalue weighted by atomic mass is 9.90. The minimum atomic E-state index is -0.265. The van der Waals surface area contributed by atoms with Gasteiger partial charge in [-0.1, -0.05) is 90.5 Å². The van der Waals surface area contributed by atoms with Crippen molar-refractivity contribution in [3.8, 4) is 0 Å². The van der Waals surface area contributed by atoms with Gasteiger partial charge in [-0.3, -0.25) is 4.79 Å². The summed E-state index contributed by atoms with van der Waals surface area (Å²) in [5, 5.41) is 0.0908. The van der Waals surface area contributed by atoms with E-state index >= 15 is 0 Å². The SMILES string of the molecule is Cc1ccc(C2SCCN2C(=O)C(c2ccccc2)c2ccccc2)cc1. The molecule has 1 aliphatic heterocycles. The number of carbonyl (C=O) groups excluding carboxylic acids is 1. The summed E-state index contributed by atoms with van der Waals surface area (Å²) in [7, 11) is 0. The molecule has 1 heterocycles. The first-order valence-corrected chi connectivity index (χ1v) is 10.4. The van der Waals surface area contributed by atoms with E-state index in [-0.39, 0.29) is 17.2 Å². The Hall–Kier alpha value is -2.52. The van der Waals surface area contributed by atoms with E-state index in [1.54, 1.807) is 0 Å². The number of aryl methyl sites for hydroxylation is 1. The molecule has 0 radical (unpaired) electrons. The third kappa shape index (κ3) is 3.79. The Morgan fingerprint density at radius 1 is 0.889 bits per heavy atom. The summed E-state index contributed by atoms with van der Waals surface area (Å²) in [4.78, 5) is 15.8. The third-order valence-corrected chi connectivity index (χ3v) is 6.31. The van der Waals surface area contributed by atoms with Crippen LogP contribution in [0.15, 0.2) is 84.9 Å². The second-order valence-corrected chi connectivity index (χ2v) is 8.11. The molecule has 1 unspecified atom stereocenters. The van der Waals surface area contributed by atoms with Gasteiger partial charge < -0.3 is 4.90 Å². The van der Waals surface area contributed by atoms with E-state index in [0.29, 0.717) is 0 Å². The lowest BCUT2D eigenvalue weighted by molar-refractivity contribution is -0.132. The molecule has 1 aliphatic rings. The maximum Gasteiger partial charge on any atom is 0.235 e. The molecule has 3 aromatic carbocycles. The fraction of sp³-hybridized carbons (Fsp3) is 0.208. The average Bonchev–Trinajstić information content (AvgIpc) is 3.20. The molecule has 1 fully saturated rings. The number of amides is 1. The van der Waals surface area contributed by atoms with Crippen LogP contribution in [-0.2, 0) is 4.79 Å². The van der Waals surface area contributed by atoms with Crippen LogP contribution in [0.4, 0.5) is 0 Å². The summed E-state index contributed by atoms with van der Waals surface area (Å²) in [6.07, 6.45) is 0. The van der Waals surface area contributed by atoms with Crippen molar-refractivity contribution in [3.63, 3.8) is 0 Å². The number of nitrogens with zero attached hydrogens (tertiary/aromatic N) is 1. The molecular weight excluding hydrogens is 350 g/mol. The topological polar surface area (TPSA) is 20.3 Å². The number of hydrogen-bond donors (Lipinski definition) is 0. The minimum Gasteiger partial charge on any atom is -0.325 e. The lowest BCUT2D eigenvalue weighted by Gasteiger charge is -2.29. The molecule has 0 N–H and O–H groups in total. The summed E-state index contributed by atoms with van der Waals surface area (Å²) in [5.41, 5.74) is 4.55. The molecule has 1 saturated heterocycles. The Labute approximate surface area is 165 Å². The van der Waals surface area contributed by atoms with Crippen molar-refractivity contribution in [2.75, 3.05) is 12.3 Å². The van der Waals surface area contributed by atoms with Crippen LogP contribution in [0.3, 0.4) is 0 Å². The maximum atomic E-state index is 13.7. The van der Waals surface area contributed by atoms with Gasteiger partial charge in [0.1, 0.15) is 5.37 Å². The van der Waals surface area contributed by atoms with Gasteiger partial charge in [0.25, 0.3) is 0 Å². The second-order valence-electron chi connectivity index (χ2n) is 6.92. The van der Waals surface area contributed by atoms with E-state index in [2.05, 4.69) is 60.4 Å². The fourth-order valence-electron chi connectivity index (χ4n) is 3.64. The quantitative estimate of drug-likeness (QED) is 0.610. The van der Waals surface area contributed by atoms with Crippen LogP contribution in [0.5, 0.6) is 0 Å². The standard InChI is InChI=1S/C24H23NOS/c1-18-12-14-21(15-13-18)24-25(16-17-27-24)23(26)22(19-8-4-2-5-9-19)20-10-6-3-7-11-20/h2-15,22,24H,16-17H2,1H3. The normalized spacial score (nSPS) is 16.7. The van der Waals surface area contributed by atoms with Crippen molar-refractivity contribution in [3.05, 3.63) is 107 Å². The van der Waals surface area contributed by atoms with Crippen LogP contribution >= 0.6 is 11.8 Å². The number of rotatable bonds is 4. The Bertz CT molecular complexity index is 853. The van der Waals surface area contributed by atoms with Crippen LogP contribution in [0.1, 0.15) is 33.5 Å². The van der Waals surface area contributed by atoms with Crippen LogP contribution in [-0.4, -0.2) is 23.1 Å². The molecule has 0 saturated carbocycles. The first-order chi connectivity index (χ1) is 13.2. The molecule has 3 aromatic rings. The number of carbonyl (C=O) groups is 1. The summed E-state index contributed by atoms with van der Waals surface area (Å²) >= 11 is 1.85. The zero-order valence-corrected chi connectivity index (χ0v) is 16.2. The predicted octanol–water partition coefficient (Wildman–Crippen LogP) is 5.40. The van der Waals surface area contributed by atoms with Gasteiger partial charge in [-0.05, 0) is 23.6 Å². The summed E-state index contributed by atoms with van der Waals surface area (Å²) in [6, 6.07) is 28.8. The van der Waals surface area contributed by atoms with Crippen molar-refractivity contribution in [1.82, 2.24) is 4.90 Å². The Balaban J connectivity index is 1.69. The van der Waals surface area contributed by atoms with Gasteiger partial charge in [0.15, 0.2) is 0 Å². The van der Waals surface area contributed by atoms with Gasteiger partial charge in [0.05, 0.1) is 5.92 Å². The molecule has 1 atom stereocenters. The Kier molecular flexibility index (Phi) is 5.30. The van der Waals surface area contributed by atoms with Gasteiger partial charge >= 0.3 is 0 Å². The minimum absolute atomic E-state index is 0.0908. The van der Waals surface area contributed by atoms with Crippen molar-refractivity contribution < 1.29 is 4.79 Å². The van der Waals surface area contributed by atoms with Gasteiger partial charge in [-0.2, -0.15) is 0 Å². The highest BCUT2D eigenvalue weighted by Crippen LogP contribution is 2.40. The molecule has 0 spiro atoms. The highest BCUT2D eigenvalue weighted by atomic mass is 32.2. The van der Waals surface area contributed by atoms with Gasteiger partial charge in [0, 0.05) is 12.3 Å². The van der Waals surface area contributed by atoms with Crippen LogP contribution in [0.25, 0.3) is 0 Å². The zero-order chi connectivity index (χ0) is 18.6. The van der Waals surface area contributed by atoms with E-state index in [1.165, 1.54) is 11.1 Å². The van der Waals surface area contributed by atoms with Crippen molar-refractivity contribution in [1.29, 1.82) is 0 Å². The molecule has 0 aliphatic carbocycles. The highest BCUT2D eigenvalue weighted by molar-refractivity contribution is 7.99.